The Kier molecular flexibility index (Phi) is 5.51. The molecule has 1 atom stereocenters. The summed E-state index contributed by atoms with van der Waals surface area (Å²) in [6.07, 6.45) is 0.492. The molecule has 0 aliphatic heterocycles. The maximum absolute atomic E-state index is 12.7. The highest BCUT2D eigenvalue weighted by Gasteiger charge is 2.27. The molecule has 0 spiro atoms. The van der Waals surface area contributed by atoms with Crippen LogP contribution < -0.4 is 11.1 Å². The lowest BCUT2D eigenvalue weighted by molar-refractivity contribution is -0.119. The van der Waals surface area contributed by atoms with Crippen LogP contribution in [0.2, 0.25) is 0 Å². The Hall–Kier alpha value is -2.47. The fourth-order valence-corrected chi connectivity index (χ4v) is 3.06. The standard InChI is InChI=1S/C15H20N6O2S/c1-5-11(21-14(17)19-20-15(21)24-6-2)12(22)18-13-10(7-16)8(3)9(4)23-13/h11H,5-6H2,1-4H3,(H2,17,19)(H,18,22). The summed E-state index contributed by atoms with van der Waals surface area (Å²) < 4.78 is 7.10. The molecule has 0 aliphatic carbocycles. The van der Waals surface area contributed by atoms with Crippen LogP contribution in [0.15, 0.2) is 9.57 Å². The van der Waals surface area contributed by atoms with Crippen molar-refractivity contribution in [1.29, 1.82) is 5.26 Å². The third-order valence-corrected chi connectivity index (χ3v) is 4.52. The molecule has 0 saturated heterocycles. The van der Waals surface area contributed by atoms with E-state index >= 15 is 0 Å². The number of nitrogens with zero attached hydrogens (tertiary/aromatic N) is 4. The van der Waals surface area contributed by atoms with Gasteiger partial charge in [-0.1, -0.05) is 25.6 Å². The van der Waals surface area contributed by atoms with Crippen LogP contribution in [0.4, 0.5) is 11.8 Å². The van der Waals surface area contributed by atoms with Crippen molar-refractivity contribution in [2.75, 3.05) is 16.8 Å². The van der Waals surface area contributed by atoms with Crippen LogP contribution in [0.1, 0.15) is 43.2 Å². The Bertz CT molecular complexity index is 789. The molecule has 2 rings (SSSR count). The van der Waals surface area contributed by atoms with Crippen molar-refractivity contribution in [3.63, 3.8) is 0 Å². The number of carbonyl (C=O) groups excluding carboxylic acids is 1. The number of hydrogen-bond donors (Lipinski definition) is 2. The van der Waals surface area contributed by atoms with Gasteiger partial charge in [-0.05, 0) is 26.0 Å². The second-order valence-electron chi connectivity index (χ2n) is 5.16. The monoisotopic (exact) mass is 348 g/mol. The van der Waals surface area contributed by atoms with Crippen LogP contribution in [-0.2, 0) is 4.79 Å². The van der Waals surface area contributed by atoms with Crippen molar-refractivity contribution < 1.29 is 9.21 Å². The molecular formula is C15H20N6O2S. The predicted molar refractivity (Wildman–Crippen MR) is 91.7 cm³/mol. The van der Waals surface area contributed by atoms with E-state index in [1.165, 1.54) is 11.8 Å². The first kappa shape index (κ1) is 17.9. The normalized spacial score (nSPS) is 12.0. The van der Waals surface area contributed by atoms with Gasteiger partial charge in [-0.15, -0.1) is 10.2 Å². The molecule has 2 heterocycles. The summed E-state index contributed by atoms with van der Waals surface area (Å²) in [6.45, 7) is 7.37. The van der Waals surface area contributed by atoms with E-state index in [1.807, 2.05) is 13.8 Å². The molecule has 2 aromatic heterocycles. The van der Waals surface area contributed by atoms with E-state index in [1.54, 1.807) is 18.4 Å². The van der Waals surface area contributed by atoms with E-state index in [9.17, 15) is 10.1 Å². The van der Waals surface area contributed by atoms with Gasteiger partial charge in [-0.3, -0.25) is 14.7 Å². The van der Waals surface area contributed by atoms with Crippen molar-refractivity contribution >= 4 is 29.5 Å². The van der Waals surface area contributed by atoms with Crippen LogP contribution in [0, 0.1) is 25.2 Å². The Labute approximate surface area is 144 Å². The van der Waals surface area contributed by atoms with E-state index < -0.39 is 6.04 Å². The number of aromatic nitrogens is 3. The number of nitrogen functional groups attached to an aromatic ring is 1. The average molecular weight is 348 g/mol. The number of hydrogen-bond acceptors (Lipinski definition) is 7. The van der Waals surface area contributed by atoms with Crippen molar-refractivity contribution in [2.24, 2.45) is 0 Å². The number of aryl methyl sites for hydroxylation is 1. The lowest BCUT2D eigenvalue weighted by Crippen LogP contribution is -2.27. The molecular weight excluding hydrogens is 328 g/mol. The van der Waals surface area contributed by atoms with Crippen molar-refractivity contribution in [1.82, 2.24) is 14.8 Å². The highest BCUT2D eigenvalue weighted by atomic mass is 32.2. The smallest absolute Gasteiger partial charge is 0.249 e. The Balaban J connectivity index is 2.33. The number of anilines is 2. The highest BCUT2D eigenvalue weighted by molar-refractivity contribution is 7.99. The molecule has 128 valence electrons. The summed E-state index contributed by atoms with van der Waals surface area (Å²) in [4.78, 5) is 12.7. The molecule has 1 unspecified atom stereocenters. The van der Waals surface area contributed by atoms with Gasteiger partial charge in [0.25, 0.3) is 0 Å². The molecule has 3 N–H and O–H groups in total. The first-order valence-corrected chi connectivity index (χ1v) is 8.57. The molecule has 0 saturated carbocycles. The molecule has 2 aromatic rings. The zero-order valence-corrected chi connectivity index (χ0v) is 14.9. The third-order valence-electron chi connectivity index (χ3n) is 3.70. The maximum Gasteiger partial charge on any atom is 0.249 e. The van der Waals surface area contributed by atoms with Gasteiger partial charge in [0, 0.05) is 5.56 Å². The molecule has 24 heavy (non-hydrogen) atoms. The summed E-state index contributed by atoms with van der Waals surface area (Å²) in [5.41, 5.74) is 6.93. The lowest BCUT2D eigenvalue weighted by Gasteiger charge is -2.18. The van der Waals surface area contributed by atoms with Crippen molar-refractivity contribution in [3.05, 3.63) is 16.9 Å². The number of nitriles is 1. The third kappa shape index (κ3) is 3.23. The number of furan rings is 1. The topological polar surface area (TPSA) is 123 Å². The van der Waals surface area contributed by atoms with Crippen LogP contribution in [-0.4, -0.2) is 26.4 Å². The minimum atomic E-state index is -0.591. The first-order chi connectivity index (χ1) is 11.4. The van der Waals surface area contributed by atoms with E-state index in [-0.39, 0.29) is 17.7 Å². The molecule has 0 radical (unpaired) electrons. The largest absolute Gasteiger partial charge is 0.444 e. The van der Waals surface area contributed by atoms with Gasteiger partial charge in [0.2, 0.25) is 17.7 Å². The molecule has 8 nitrogen and oxygen atoms in total. The fourth-order valence-electron chi connectivity index (χ4n) is 2.34. The molecule has 0 fully saturated rings. The summed E-state index contributed by atoms with van der Waals surface area (Å²) in [6, 6.07) is 1.46. The summed E-state index contributed by atoms with van der Waals surface area (Å²) in [5.74, 6) is 1.39. The predicted octanol–water partition coefficient (Wildman–Crippen LogP) is 2.64. The molecule has 0 aromatic carbocycles. The van der Waals surface area contributed by atoms with Crippen LogP contribution in [0.5, 0.6) is 0 Å². The molecule has 1 amide bonds. The van der Waals surface area contributed by atoms with Gasteiger partial charge in [0.05, 0.1) is 0 Å². The summed E-state index contributed by atoms with van der Waals surface area (Å²) >= 11 is 1.46. The maximum atomic E-state index is 12.7. The number of nitrogens with two attached hydrogens (primary N) is 1. The Morgan fingerprint density at radius 2 is 2.17 bits per heavy atom. The van der Waals surface area contributed by atoms with E-state index in [0.29, 0.717) is 28.5 Å². The minimum absolute atomic E-state index is 0.160. The zero-order valence-electron chi connectivity index (χ0n) is 14.1. The van der Waals surface area contributed by atoms with Crippen LogP contribution >= 0.6 is 11.8 Å². The van der Waals surface area contributed by atoms with Gasteiger partial charge in [0.15, 0.2) is 5.16 Å². The minimum Gasteiger partial charge on any atom is -0.444 e. The van der Waals surface area contributed by atoms with Gasteiger partial charge >= 0.3 is 0 Å². The Morgan fingerprint density at radius 3 is 2.75 bits per heavy atom. The van der Waals surface area contributed by atoms with Gasteiger partial charge in [-0.2, -0.15) is 5.26 Å². The van der Waals surface area contributed by atoms with E-state index in [4.69, 9.17) is 10.2 Å². The molecule has 0 aliphatic rings. The van der Waals surface area contributed by atoms with Crippen molar-refractivity contribution in [2.45, 2.75) is 45.3 Å². The highest BCUT2D eigenvalue weighted by Crippen LogP contribution is 2.29. The zero-order chi connectivity index (χ0) is 17.9. The van der Waals surface area contributed by atoms with E-state index in [2.05, 4.69) is 21.6 Å². The number of carbonyl (C=O) groups is 1. The van der Waals surface area contributed by atoms with E-state index in [0.717, 1.165) is 5.75 Å². The summed E-state index contributed by atoms with van der Waals surface area (Å²) in [5, 5.41) is 20.4. The van der Waals surface area contributed by atoms with Crippen molar-refractivity contribution in [3.8, 4) is 6.07 Å². The van der Waals surface area contributed by atoms with Gasteiger partial charge < -0.3 is 10.2 Å². The second-order valence-corrected chi connectivity index (χ2v) is 6.39. The number of amides is 1. The average Bonchev–Trinajstić information content (AvgIpc) is 3.02. The number of thioether (sulfide) groups is 1. The van der Waals surface area contributed by atoms with Crippen LogP contribution in [0.25, 0.3) is 0 Å². The number of rotatable bonds is 6. The summed E-state index contributed by atoms with van der Waals surface area (Å²) in [7, 11) is 0. The number of nitrogens with one attached hydrogen (secondary N) is 1. The second kappa shape index (κ2) is 7.40. The van der Waals surface area contributed by atoms with Crippen LogP contribution in [0.3, 0.4) is 0 Å². The quantitative estimate of drug-likeness (QED) is 0.769. The molecule has 0 bridgehead atoms. The lowest BCUT2D eigenvalue weighted by atomic mass is 10.1. The van der Waals surface area contributed by atoms with Gasteiger partial charge in [0.1, 0.15) is 23.4 Å². The first-order valence-electron chi connectivity index (χ1n) is 7.58. The van der Waals surface area contributed by atoms with Gasteiger partial charge in [-0.25, -0.2) is 0 Å². The molecule has 9 heteroatoms. The Morgan fingerprint density at radius 1 is 1.46 bits per heavy atom. The fraction of sp³-hybridized carbons (Fsp3) is 0.467. The SMILES string of the molecule is CCSc1nnc(N)n1C(CC)C(=O)Nc1oc(C)c(C)c1C#N.